The van der Waals surface area contributed by atoms with Crippen molar-refractivity contribution < 1.29 is 4.79 Å². The average molecular weight is 256 g/mol. The van der Waals surface area contributed by atoms with Gasteiger partial charge in [-0.3, -0.25) is 4.79 Å². The van der Waals surface area contributed by atoms with E-state index in [0.717, 1.165) is 19.3 Å². The summed E-state index contributed by atoms with van der Waals surface area (Å²) in [6.07, 6.45) is 3.49. The molecule has 0 aliphatic carbocycles. The lowest BCUT2D eigenvalue weighted by Crippen LogP contribution is -2.44. The molecule has 0 fully saturated rings. The van der Waals surface area contributed by atoms with Crippen LogP contribution in [0.3, 0.4) is 0 Å². The number of nitrogens with two attached hydrogens (primary N) is 1. The molecule has 3 N–H and O–H groups in total. The molecule has 0 saturated carbocycles. The van der Waals surface area contributed by atoms with Crippen LogP contribution in [-0.4, -0.2) is 18.0 Å². The predicted molar refractivity (Wildman–Crippen MR) is 78.3 cm³/mol. The van der Waals surface area contributed by atoms with Gasteiger partial charge < -0.3 is 11.1 Å². The molecular formula is C15H32N2O. The lowest BCUT2D eigenvalue weighted by molar-refractivity contribution is -0.122. The molecule has 0 radical (unpaired) electrons. The van der Waals surface area contributed by atoms with Crippen LogP contribution in [0.2, 0.25) is 0 Å². The molecule has 3 heteroatoms. The van der Waals surface area contributed by atoms with Crippen molar-refractivity contribution in [2.24, 2.45) is 17.1 Å². The van der Waals surface area contributed by atoms with Crippen LogP contribution < -0.4 is 11.1 Å². The van der Waals surface area contributed by atoms with E-state index in [-0.39, 0.29) is 23.4 Å². The Labute approximate surface area is 113 Å². The number of hydrogen-bond acceptors (Lipinski definition) is 2. The lowest BCUT2D eigenvalue weighted by Gasteiger charge is -2.32. The van der Waals surface area contributed by atoms with Crippen molar-refractivity contribution in [1.29, 1.82) is 0 Å². The van der Waals surface area contributed by atoms with Crippen molar-refractivity contribution in [2.75, 3.05) is 0 Å². The van der Waals surface area contributed by atoms with Crippen molar-refractivity contribution in [3.63, 3.8) is 0 Å². The van der Waals surface area contributed by atoms with Crippen molar-refractivity contribution >= 4 is 5.91 Å². The van der Waals surface area contributed by atoms with Crippen LogP contribution in [0.1, 0.15) is 67.2 Å². The highest BCUT2D eigenvalue weighted by molar-refractivity contribution is 5.76. The molecule has 2 atom stereocenters. The normalized spacial score (nSPS) is 15.6. The van der Waals surface area contributed by atoms with Crippen molar-refractivity contribution in [3.05, 3.63) is 0 Å². The molecule has 0 bridgehead atoms. The molecule has 0 aromatic carbocycles. The Bertz CT molecular complexity index is 241. The van der Waals surface area contributed by atoms with E-state index in [4.69, 9.17) is 5.73 Å². The number of amides is 1. The minimum absolute atomic E-state index is 0.0968. The smallest absolute Gasteiger partial charge is 0.220 e. The van der Waals surface area contributed by atoms with Crippen LogP contribution in [0.25, 0.3) is 0 Å². The topological polar surface area (TPSA) is 55.1 Å². The standard InChI is InChI=1S/C15H32N2O/c1-11(2)7-9-13(15(4,5)6)17-14(18)10-8-12(3)16/h11-13H,7-10,16H2,1-6H3,(H,17,18). The van der Waals surface area contributed by atoms with Gasteiger partial charge >= 0.3 is 0 Å². The molecule has 3 nitrogen and oxygen atoms in total. The molecule has 0 aromatic rings. The second-order valence-electron chi connectivity index (χ2n) is 6.97. The van der Waals surface area contributed by atoms with Crippen LogP contribution >= 0.6 is 0 Å². The number of hydrogen-bond donors (Lipinski definition) is 2. The maximum absolute atomic E-state index is 11.9. The van der Waals surface area contributed by atoms with E-state index in [9.17, 15) is 4.79 Å². The van der Waals surface area contributed by atoms with Gasteiger partial charge in [0.2, 0.25) is 5.91 Å². The van der Waals surface area contributed by atoms with Gasteiger partial charge in [0.1, 0.15) is 0 Å². The lowest BCUT2D eigenvalue weighted by atomic mass is 9.82. The van der Waals surface area contributed by atoms with Gasteiger partial charge in [-0.05, 0) is 37.5 Å². The summed E-state index contributed by atoms with van der Waals surface area (Å²) < 4.78 is 0. The minimum Gasteiger partial charge on any atom is -0.353 e. The fourth-order valence-electron chi connectivity index (χ4n) is 1.85. The van der Waals surface area contributed by atoms with Crippen LogP contribution in [0.15, 0.2) is 0 Å². The maximum Gasteiger partial charge on any atom is 0.220 e. The summed E-state index contributed by atoms with van der Waals surface area (Å²) in [5.41, 5.74) is 5.79. The van der Waals surface area contributed by atoms with Crippen molar-refractivity contribution in [1.82, 2.24) is 5.32 Å². The zero-order valence-corrected chi connectivity index (χ0v) is 13.0. The molecule has 0 aliphatic rings. The molecule has 18 heavy (non-hydrogen) atoms. The summed E-state index contributed by atoms with van der Waals surface area (Å²) in [5, 5.41) is 3.17. The number of rotatable bonds is 7. The van der Waals surface area contributed by atoms with Crippen molar-refractivity contribution in [3.8, 4) is 0 Å². The molecule has 0 aromatic heterocycles. The Hall–Kier alpha value is -0.570. The molecule has 0 saturated heterocycles. The molecular weight excluding hydrogens is 224 g/mol. The van der Waals surface area contributed by atoms with Gasteiger partial charge in [-0.15, -0.1) is 0 Å². The Morgan fingerprint density at radius 3 is 2.06 bits per heavy atom. The predicted octanol–water partition coefficient (Wildman–Crippen LogP) is 3.08. The van der Waals surface area contributed by atoms with E-state index in [1.165, 1.54) is 0 Å². The molecule has 0 heterocycles. The highest BCUT2D eigenvalue weighted by atomic mass is 16.1. The van der Waals surface area contributed by atoms with E-state index in [1.807, 2.05) is 6.92 Å². The fraction of sp³-hybridized carbons (Fsp3) is 0.933. The second kappa shape index (κ2) is 7.78. The SMILES string of the molecule is CC(C)CCC(NC(=O)CCC(C)N)C(C)(C)C. The zero-order valence-electron chi connectivity index (χ0n) is 13.0. The van der Waals surface area contributed by atoms with Gasteiger partial charge in [0.25, 0.3) is 0 Å². The highest BCUT2D eigenvalue weighted by Gasteiger charge is 2.25. The Kier molecular flexibility index (Phi) is 7.53. The van der Waals surface area contributed by atoms with Crippen LogP contribution in [0.5, 0.6) is 0 Å². The monoisotopic (exact) mass is 256 g/mol. The first-order chi connectivity index (χ1) is 8.12. The van der Waals surface area contributed by atoms with Crippen LogP contribution in [0.4, 0.5) is 0 Å². The third-order valence-corrected chi connectivity index (χ3v) is 3.24. The van der Waals surface area contributed by atoms with Gasteiger partial charge in [0.15, 0.2) is 0 Å². The Morgan fingerprint density at radius 1 is 1.11 bits per heavy atom. The third kappa shape index (κ3) is 8.51. The summed E-state index contributed by atoms with van der Waals surface area (Å²) in [6, 6.07) is 0.347. The molecule has 108 valence electrons. The van der Waals surface area contributed by atoms with E-state index < -0.39 is 0 Å². The summed E-state index contributed by atoms with van der Waals surface area (Å²) in [7, 11) is 0. The van der Waals surface area contributed by atoms with Gasteiger partial charge in [-0.1, -0.05) is 34.6 Å². The van der Waals surface area contributed by atoms with Gasteiger partial charge in [-0.25, -0.2) is 0 Å². The third-order valence-electron chi connectivity index (χ3n) is 3.24. The van der Waals surface area contributed by atoms with E-state index in [0.29, 0.717) is 12.3 Å². The molecule has 0 aliphatic heterocycles. The van der Waals surface area contributed by atoms with Crippen molar-refractivity contribution in [2.45, 2.75) is 79.3 Å². The van der Waals surface area contributed by atoms with Gasteiger partial charge in [0.05, 0.1) is 0 Å². The van der Waals surface area contributed by atoms with E-state index >= 15 is 0 Å². The van der Waals surface area contributed by atoms with Gasteiger partial charge in [0, 0.05) is 18.5 Å². The maximum atomic E-state index is 11.9. The summed E-state index contributed by atoms with van der Waals surface area (Å²) in [4.78, 5) is 11.9. The number of carbonyl (C=O) groups is 1. The summed E-state index contributed by atoms with van der Waals surface area (Å²) in [5.74, 6) is 0.812. The average Bonchev–Trinajstić information content (AvgIpc) is 2.19. The number of carbonyl (C=O) groups excluding carboxylic acids is 1. The van der Waals surface area contributed by atoms with Crippen LogP contribution in [0, 0.1) is 11.3 Å². The highest BCUT2D eigenvalue weighted by Crippen LogP contribution is 2.24. The Balaban J connectivity index is 4.28. The van der Waals surface area contributed by atoms with E-state index in [1.54, 1.807) is 0 Å². The largest absolute Gasteiger partial charge is 0.353 e. The van der Waals surface area contributed by atoms with Gasteiger partial charge in [-0.2, -0.15) is 0 Å². The fourth-order valence-corrected chi connectivity index (χ4v) is 1.85. The quantitative estimate of drug-likeness (QED) is 0.735. The summed E-state index contributed by atoms with van der Waals surface area (Å²) >= 11 is 0. The Morgan fingerprint density at radius 2 is 1.67 bits per heavy atom. The first-order valence-corrected chi connectivity index (χ1v) is 7.18. The molecule has 1 amide bonds. The molecule has 0 rings (SSSR count). The number of nitrogens with one attached hydrogen (secondary N) is 1. The second-order valence-corrected chi connectivity index (χ2v) is 6.97. The molecule has 0 spiro atoms. The van der Waals surface area contributed by atoms with E-state index in [2.05, 4.69) is 39.9 Å². The first kappa shape index (κ1) is 17.4. The minimum atomic E-state index is 0.0968. The first-order valence-electron chi connectivity index (χ1n) is 7.18. The summed E-state index contributed by atoms with van der Waals surface area (Å²) in [6.45, 7) is 12.9. The zero-order chi connectivity index (χ0) is 14.3. The van der Waals surface area contributed by atoms with Crippen LogP contribution in [-0.2, 0) is 4.79 Å². The molecule has 2 unspecified atom stereocenters.